The first-order valence-electron chi connectivity index (χ1n) is 6.95. The monoisotopic (exact) mass is 292 g/mol. The Balaban J connectivity index is 1.91. The van der Waals surface area contributed by atoms with Gasteiger partial charge in [0.15, 0.2) is 0 Å². The van der Waals surface area contributed by atoms with Crippen LogP contribution in [0.15, 0.2) is 22.7 Å². The van der Waals surface area contributed by atoms with Crippen LogP contribution in [0.4, 0.5) is 0 Å². The number of hydrogen-bond donors (Lipinski definition) is 0. The summed E-state index contributed by atoms with van der Waals surface area (Å²) < 4.78 is 10.8. The predicted molar refractivity (Wildman–Crippen MR) is 77.1 cm³/mol. The zero-order chi connectivity index (χ0) is 13.9. The summed E-state index contributed by atoms with van der Waals surface area (Å²) in [5, 5.41) is 4.72. The second kappa shape index (κ2) is 5.83. The quantitative estimate of drug-likeness (QED) is 0.839. The summed E-state index contributed by atoms with van der Waals surface area (Å²) >= 11 is 6.04. The molecule has 1 aromatic heterocycles. The maximum absolute atomic E-state index is 6.04. The van der Waals surface area contributed by atoms with Crippen LogP contribution in [-0.2, 0) is 0 Å². The van der Waals surface area contributed by atoms with Gasteiger partial charge in [0, 0.05) is 10.9 Å². The fourth-order valence-electron chi connectivity index (χ4n) is 2.71. The van der Waals surface area contributed by atoms with Crippen LogP contribution in [-0.4, -0.2) is 17.3 Å². The van der Waals surface area contributed by atoms with Gasteiger partial charge in [-0.25, -0.2) is 0 Å². The van der Waals surface area contributed by atoms with Gasteiger partial charge >= 0.3 is 0 Å². The number of hydrogen-bond acceptors (Lipinski definition) is 4. The first kappa shape index (κ1) is 13.4. The fourth-order valence-corrected chi connectivity index (χ4v) is 2.89. The SMILES string of the molecule is COc1ccc(Cl)cc1-c1noc(C2CCCCC2)n1. The molecule has 1 fully saturated rings. The zero-order valence-corrected chi connectivity index (χ0v) is 12.2. The average molecular weight is 293 g/mol. The standard InChI is InChI=1S/C15H17ClN2O2/c1-19-13-8-7-11(16)9-12(13)14-17-15(20-18-14)10-5-3-2-4-6-10/h7-10H,2-6H2,1H3. The van der Waals surface area contributed by atoms with Gasteiger partial charge in [0.2, 0.25) is 11.7 Å². The van der Waals surface area contributed by atoms with E-state index in [9.17, 15) is 0 Å². The minimum Gasteiger partial charge on any atom is -0.496 e. The summed E-state index contributed by atoms with van der Waals surface area (Å²) in [6.07, 6.45) is 6.05. The number of ether oxygens (including phenoxy) is 1. The summed E-state index contributed by atoms with van der Waals surface area (Å²) in [6.45, 7) is 0. The van der Waals surface area contributed by atoms with E-state index in [1.165, 1.54) is 19.3 Å². The zero-order valence-electron chi connectivity index (χ0n) is 11.4. The third-order valence-corrected chi connectivity index (χ3v) is 4.03. The van der Waals surface area contributed by atoms with Crippen molar-refractivity contribution in [3.8, 4) is 17.1 Å². The molecule has 3 rings (SSSR count). The number of halogens is 1. The molecule has 0 atom stereocenters. The number of benzene rings is 1. The van der Waals surface area contributed by atoms with Crippen molar-refractivity contribution in [3.63, 3.8) is 0 Å². The summed E-state index contributed by atoms with van der Waals surface area (Å²) in [6, 6.07) is 5.40. The minimum absolute atomic E-state index is 0.398. The van der Waals surface area contributed by atoms with Crippen LogP contribution in [0.3, 0.4) is 0 Å². The van der Waals surface area contributed by atoms with E-state index in [1.54, 1.807) is 19.2 Å². The fraction of sp³-hybridized carbons (Fsp3) is 0.467. The maximum atomic E-state index is 6.04. The summed E-state index contributed by atoms with van der Waals surface area (Å²) in [4.78, 5) is 4.54. The number of aromatic nitrogens is 2. The molecular formula is C15H17ClN2O2. The molecule has 0 saturated heterocycles. The van der Waals surface area contributed by atoms with Gasteiger partial charge in [0.05, 0.1) is 12.7 Å². The van der Waals surface area contributed by atoms with E-state index in [2.05, 4.69) is 10.1 Å². The van der Waals surface area contributed by atoms with Crippen molar-refractivity contribution in [1.82, 2.24) is 10.1 Å². The summed E-state index contributed by atoms with van der Waals surface area (Å²) in [5.41, 5.74) is 0.769. The van der Waals surface area contributed by atoms with Crippen molar-refractivity contribution in [3.05, 3.63) is 29.1 Å². The molecule has 1 aromatic carbocycles. The second-order valence-corrected chi connectivity index (χ2v) is 5.57. The molecule has 5 heteroatoms. The van der Waals surface area contributed by atoms with Crippen molar-refractivity contribution in [2.45, 2.75) is 38.0 Å². The molecule has 0 amide bonds. The Morgan fingerprint density at radius 3 is 2.80 bits per heavy atom. The van der Waals surface area contributed by atoms with Crippen molar-refractivity contribution >= 4 is 11.6 Å². The molecule has 106 valence electrons. The normalized spacial score (nSPS) is 16.3. The molecule has 1 aliphatic rings. The van der Waals surface area contributed by atoms with Crippen molar-refractivity contribution < 1.29 is 9.26 Å². The van der Waals surface area contributed by atoms with Crippen LogP contribution in [0.2, 0.25) is 5.02 Å². The Labute approximate surface area is 123 Å². The molecule has 0 aliphatic heterocycles. The highest BCUT2D eigenvalue weighted by Gasteiger charge is 2.22. The molecule has 1 heterocycles. The van der Waals surface area contributed by atoms with E-state index >= 15 is 0 Å². The summed E-state index contributed by atoms with van der Waals surface area (Å²) in [5.74, 6) is 2.38. The Hall–Kier alpha value is -1.55. The Kier molecular flexibility index (Phi) is 3.92. The van der Waals surface area contributed by atoms with Crippen molar-refractivity contribution in [2.24, 2.45) is 0 Å². The van der Waals surface area contributed by atoms with Crippen LogP contribution in [0, 0.1) is 0 Å². The van der Waals surface area contributed by atoms with Gasteiger partial charge in [-0.3, -0.25) is 0 Å². The van der Waals surface area contributed by atoms with Gasteiger partial charge < -0.3 is 9.26 Å². The van der Waals surface area contributed by atoms with E-state index in [-0.39, 0.29) is 0 Å². The lowest BCUT2D eigenvalue weighted by Gasteiger charge is -2.17. The molecule has 1 aliphatic carbocycles. The molecule has 0 bridgehead atoms. The van der Waals surface area contributed by atoms with Crippen molar-refractivity contribution in [1.29, 1.82) is 0 Å². The Morgan fingerprint density at radius 1 is 1.25 bits per heavy atom. The molecule has 1 saturated carbocycles. The van der Waals surface area contributed by atoms with E-state index in [4.69, 9.17) is 20.9 Å². The molecule has 0 unspecified atom stereocenters. The van der Waals surface area contributed by atoms with Gasteiger partial charge in [-0.2, -0.15) is 4.98 Å². The van der Waals surface area contributed by atoms with Crippen LogP contribution in [0.25, 0.3) is 11.4 Å². The van der Waals surface area contributed by atoms with E-state index in [0.29, 0.717) is 22.5 Å². The first-order valence-corrected chi connectivity index (χ1v) is 7.33. The highest BCUT2D eigenvalue weighted by molar-refractivity contribution is 6.30. The lowest BCUT2D eigenvalue weighted by atomic mass is 9.89. The lowest BCUT2D eigenvalue weighted by molar-refractivity contribution is 0.314. The highest BCUT2D eigenvalue weighted by Crippen LogP contribution is 2.35. The number of methoxy groups -OCH3 is 1. The number of nitrogens with zero attached hydrogens (tertiary/aromatic N) is 2. The minimum atomic E-state index is 0.398. The predicted octanol–water partition coefficient (Wildman–Crippen LogP) is 4.45. The van der Waals surface area contributed by atoms with Crippen molar-refractivity contribution in [2.75, 3.05) is 7.11 Å². The maximum Gasteiger partial charge on any atom is 0.230 e. The highest BCUT2D eigenvalue weighted by atomic mass is 35.5. The molecular weight excluding hydrogens is 276 g/mol. The molecule has 4 nitrogen and oxygen atoms in total. The third-order valence-electron chi connectivity index (χ3n) is 3.80. The van der Waals surface area contributed by atoms with E-state index in [1.807, 2.05) is 6.07 Å². The molecule has 0 N–H and O–H groups in total. The molecule has 20 heavy (non-hydrogen) atoms. The molecule has 0 spiro atoms. The lowest BCUT2D eigenvalue weighted by Crippen LogP contribution is -2.04. The van der Waals surface area contributed by atoms with Gasteiger partial charge in [-0.05, 0) is 31.0 Å². The molecule has 2 aromatic rings. The summed E-state index contributed by atoms with van der Waals surface area (Å²) in [7, 11) is 1.62. The van der Waals surface area contributed by atoms with Crippen LogP contribution >= 0.6 is 11.6 Å². The smallest absolute Gasteiger partial charge is 0.230 e. The van der Waals surface area contributed by atoms with E-state index < -0.39 is 0 Å². The largest absolute Gasteiger partial charge is 0.496 e. The Morgan fingerprint density at radius 2 is 2.05 bits per heavy atom. The van der Waals surface area contributed by atoms with Gasteiger partial charge in [-0.15, -0.1) is 0 Å². The van der Waals surface area contributed by atoms with Gasteiger partial charge in [0.25, 0.3) is 0 Å². The first-order chi connectivity index (χ1) is 9.78. The van der Waals surface area contributed by atoms with Gasteiger partial charge in [0.1, 0.15) is 5.75 Å². The topological polar surface area (TPSA) is 48.2 Å². The van der Waals surface area contributed by atoms with Gasteiger partial charge in [-0.1, -0.05) is 36.0 Å². The van der Waals surface area contributed by atoms with E-state index in [0.717, 1.165) is 24.3 Å². The molecule has 0 radical (unpaired) electrons. The second-order valence-electron chi connectivity index (χ2n) is 5.14. The van der Waals surface area contributed by atoms with Crippen LogP contribution in [0.1, 0.15) is 43.9 Å². The third kappa shape index (κ3) is 2.66. The van der Waals surface area contributed by atoms with Crippen LogP contribution < -0.4 is 4.74 Å². The number of rotatable bonds is 3. The van der Waals surface area contributed by atoms with Crippen LogP contribution in [0.5, 0.6) is 5.75 Å². The Bertz CT molecular complexity index is 591. The average Bonchev–Trinajstić information content (AvgIpc) is 2.98.